The number of benzene rings is 2. The minimum absolute atomic E-state index is 0.546. The van der Waals surface area contributed by atoms with E-state index < -0.39 is 0 Å². The van der Waals surface area contributed by atoms with Crippen LogP contribution in [0.15, 0.2) is 48.5 Å². The van der Waals surface area contributed by atoms with Crippen LogP contribution in [-0.4, -0.2) is 12.1 Å². The maximum absolute atomic E-state index is 6.23. The molecule has 2 aromatic carbocycles. The first-order valence-corrected chi connectivity index (χ1v) is 6.56. The third-order valence-corrected chi connectivity index (χ3v) is 3.55. The number of methoxy groups -OCH3 is 1. The highest BCUT2D eigenvalue weighted by molar-refractivity contribution is 6.33. The summed E-state index contributed by atoms with van der Waals surface area (Å²) in [5.74, 6) is 0.546. The summed E-state index contributed by atoms with van der Waals surface area (Å²) in [7, 11) is 1.60. The van der Waals surface area contributed by atoms with E-state index in [0.29, 0.717) is 16.6 Å². The van der Waals surface area contributed by atoms with Gasteiger partial charge in [0.25, 0.3) is 0 Å². The van der Waals surface area contributed by atoms with E-state index in [1.165, 1.54) is 0 Å². The van der Waals surface area contributed by atoms with E-state index in [0.717, 1.165) is 22.0 Å². The van der Waals surface area contributed by atoms with Crippen molar-refractivity contribution in [2.45, 2.75) is 0 Å². The van der Waals surface area contributed by atoms with E-state index in [2.05, 4.69) is 4.98 Å². The molecular weight excluding hydrogens is 273 g/mol. The fraction of sp³-hybridized carbons (Fsp3) is 0.0625. The number of nitrogen functional groups attached to an aromatic ring is 1. The molecule has 0 saturated carbocycles. The minimum atomic E-state index is 0.546. The van der Waals surface area contributed by atoms with Gasteiger partial charge in [-0.1, -0.05) is 35.9 Å². The Labute approximate surface area is 122 Å². The molecule has 0 bridgehead atoms. The van der Waals surface area contributed by atoms with Gasteiger partial charge in [-0.25, -0.2) is 4.98 Å². The zero-order valence-corrected chi connectivity index (χ0v) is 11.7. The normalized spacial score (nSPS) is 10.7. The second-order valence-electron chi connectivity index (χ2n) is 4.44. The molecular formula is C16H13ClN2O. The van der Waals surface area contributed by atoms with Crippen molar-refractivity contribution >= 4 is 28.1 Å². The van der Waals surface area contributed by atoms with E-state index in [1.807, 2.05) is 48.5 Å². The molecule has 3 nitrogen and oxygen atoms in total. The molecule has 0 atom stereocenters. The lowest BCUT2D eigenvalue weighted by Crippen LogP contribution is -1.95. The molecule has 1 heterocycles. The zero-order valence-electron chi connectivity index (χ0n) is 10.9. The van der Waals surface area contributed by atoms with Crippen molar-refractivity contribution in [1.29, 1.82) is 0 Å². The molecule has 0 fully saturated rings. The smallest absolute Gasteiger partial charge is 0.221 e. The van der Waals surface area contributed by atoms with Gasteiger partial charge in [-0.15, -0.1) is 0 Å². The van der Waals surface area contributed by atoms with E-state index in [9.17, 15) is 0 Å². The molecule has 20 heavy (non-hydrogen) atoms. The van der Waals surface area contributed by atoms with Crippen LogP contribution in [0.1, 0.15) is 0 Å². The van der Waals surface area contributed by atoms with Gasteiger partial charge >= 0.3 is 0 Å². The zero-order chi connectivity index (χ0) is 14.1. The Balaban J connectivity index is 2.33. The van der Waals surface area contributed by atoms with Gasteiger partial charge in [-0.05, 0) is 24.3 Å². The summed E-state index contributed by atoms with van der Waals surface area (Å²) >= 11 is 6.23. The highest BCUT2D eigenvalue weighted by atomic mass is 35.5. The first-order chi connectivity index (χ1) is 9.70. The maximum Gasteiger partial charge on any atom is 0.221 e. The lowest BCUT2D eigenvalue weighted by Gasteiger charge is -2.10. The van der Waals surface area contributed by atoms with Crippen molar-refractivity contribution in [3.63, 3.8) is 0 Å². The van der Waals surface area contributed by atoms with Crippen LogP contribution in [-0.2, 0) is 0 Å². The number of anilines is 1. The third-order valence-electron chi connectivity index (χ3n) is 3.22. The number of nitrogens with zero attached hydrogens (tertiary/aromatic N) is 1. The second-order valence-corrected chi connectivity index (χ2v) is 4.85. The summed E-state index contributed by atoms with van der Waals surface area (Å²) in [6, 6.07) is 15.2. The standard InChI is InChI=1S/C16H13ClN2O/c1-20-16-10-6-4-8-14(18)12(10)9-15(19-16)11-5-2-3-7-13(11)17/h2-9H,18H2,1H3/i16+1. The average Bonchev–Trinajstić information content (AvgIpc) is 2.47. The van der Waals surface area contributed by atoms with Crippen LogP contribution in [0.3, 0.4) is 0 Å². The number of halogens is 1. The van der Waals surface area contributed by atoms with Crippen molar-refractivity contribution in [3.05, 3.63) is 53.6 Å². The molecule has 0 aliphatic heterocycles. The van der Waals surface area contributed by atoms with Crippen LogP contribution >= 0.6 is 11.6 Å². The number of aromatic nitrogens is 1. The molecule has 0 amide bonds. The lowest BCUT2D eigenvalue weighted by atomic mass is 10.1. The van der Waals surface area contributed by atoms with Gasteiger partial charge in [-0.2, -0.15) is 0 Å². The van der Waals surface area contributed by atoms with Gasteiger partial charge in [0.1, 0.15) is 0 Å². The van der Waals surface area contributed by atoms with Crippen LogP contribution in [0.25, 0.3) is 22.0 Å². The minimum Gasteiger partial charge on any atom is -0.481 e. The topological polar surface area (TPSA) is 48.1 Å². The van der Waals surface area contributed by atoms with Crippen LogP contribution in [0, 0.1) is 0 Å². The van der Waals surface area contributed by atoms with Gasteiger partial charge in [-0.3, -0.25) is 0 Å². The fourth-order valence-corrected chi connectivity index (χ4v) is 2.46. The van der Waals surface area contributed by atoms with Gasteiger partial charge in [0, 0.05) is 27.0 Å². The van der Waals surface area contributed by atoms with E-state index in [-0.39, 0.29) is 0 Å². The Bertz CT molecular complexity index is 787. The lowest BCUT2D eigenvalue weighted by molar-refractivity contribution is 0.404. The summed E-state index contributed by atoms with van der Waals surface area (Å²) in [4.78, 5) is 4.53. The average molecular weight is 286 g/mol. The number of fused-ring (bicyclic) bond motifs is 1. The molecule has 0 aliphatic rings. The number of hydrogen-bond acceptors (Lipinski definition) is 3. The van der Waals surface area contributed by atoms with Crippen molar-refractivity contribution in [1.82, 2.24) is 4.98 Å². The number of hydrogen-bond donors (Lipinski definition) is 1. The van der Waals surface area contributed by atoms with E-state index in [1.54, 1.807) is 7.11 Å². The van der Waals surface area contributed by atoms with Crippen molar-refractivity contribution in [2.75, 3.05) is 12.8 Å². The number of pyridine rings is 1. The Morgan fingerprint density at radius 1 is 1.05 bits per heavy atom. The Morgan fingerprint density at radius 2 is 1.85 bits per heavy atom. The molecule has 100 valence electrons. The first-order valence-electron chi connectivity index (χ1n) is 6.19. The summed E-state index contributed by atoms with van der Waals surface area (Å²) in [6.07, 6.45) is 0. The first kappa shape index (κ1) is 12.8. The van der Waals surface area contributed by atoms with Crippen LogP contribution < -0.4 is 10.5 Å². The van der Waals surface area contributed by atoms with E-state index in [4.69, 9.17) is 22.1 Å². The SMILES string of the molecule is CO[13c]1nc(-c2ccccc2Cl)cc2c(N)cccc21. The Hall–Kier alpha value is -2.26. The molecule has 3 aromatic rings. The van der Waals surface area contributed by atoms with Crippen LogP contribution in [0.4, 0.5) is 5.69 Å². The summed E-state index contributed by atoms with van der Waals surface area (Å²) in [6.45, 7) is 0. The van der Waals surface area contributed by atoms with Crippen LogP contribution in [0.2, 0.25) is 5.02 Å². The Morgan fingerprint density at radius 3 is 2.60 bits per heavy atom. The van der Waals surface area contributed by atoms with E-state index >= 15 is 0 Å². The molecule has 0 radical (unpaired) electrons. The highest BCUT2D eigenvalue weighted by Crippen LogP contribution is 2.34. The predicted octanol–water partition coefficient (Wildman–Crippen LogP) is 4.15. The van der Waals surface area contributed by atoms with Gasteiger partial charge < -0.3 is 10.5 Å². The van der Waals surface area contributed by atoms with Gasteiger partial charge in [0.05, 0.1) is 12.8 Å². The van der Waals surface area contributed by atoms with Crippen molar-refractivity contribution in [3.8, 4) is 17.1 Å². The molecule has 1 aromatic heterocycles. The molecule has 0 spiro atoms. The molecule has 4 heteroatoms. The number of ether oxygens (including phenoxy) is 1. The molecule has 3 rings (SSSR count). The molecule has 0 saturated heterocycles. The summed E-state index contributed by atoms with van der Waals surface area (Å²) in [5, 5.41) is 2.45. The van der Waals surface area contributed by atoms with Gasteiger partial charge in [0.15, 0.2) is 0 Å². The molecule has 0 unspecified atom stereocenters. The summed E-state index contributed by atoms with van der Waals surface area (Å²) in [5.41, 5.74) is 8.35. The van der Waals surface area contributed by atoms with Crippen molar-refractivity contribution in [2.24, 2.45) is 0 Å². The summed E-state index contributed by atoms with van der Waals surface area (Å²) < 4.78 is 5.37. The van der Waals surface area contributed by atoms with Crippen molar-refractivity contribution < 1.29 is 4.74 Å². The fourth-order valence-electron chi connectivity index (χ4n) is 2.23. The number of rotatable bonds is 2. The maximum atomic E-state index is 6.23. The highest BCUT2D eigenvalue weighted by Gasteiger charge is 2.11. The van der Waals surface area contributed by atoms with Gasteiger partial charge in [0.2, 0.25) is 5.88 Å². The molecule has 2 N–H and O–H groups in total. The molecule has 0 aliphatic carbocycles. The predicted molar refractivity (Wildman–Crippen MR) is 83.2 cm³/mol. The number of nitrogens with two attached hydrogens (primary N) is 1. The monoisotopic (exact) mass is 285 g/mol. The Kier molecular flexibility index (Phi) is 3.20. The van der Waals surface area contributed by atoms with Crippen LogP contribution in [0.5, 0.6) is 5.88 Å². The largest absolute Gasteiger partial charge is 0.481 e. The quantitative estimate of drug-likeness (QED) is 0.720. The third kappa shape index (κ3) is 2.06. The second kappa shape index (κ2) is 5.02.